The Morgan fingerprint density at radius 2 is 2.04 bits per heavy atom. The second kappa shape index (κ2) is 7.82. The van der Waals surface area contributed by atoms with E-state index in [9.17, 15) is 13.2 Å². The van der Waals surface area contributed by atoms with Crippen molar-refractivity contribution in [3.63, 3.8) is 0 Å². The maximum Gasteiger partial charge on any atom is 0.238 e. The van der Waals surface area contributed by atoms with E-state index in [0.29, 0.717) is 17.7 Å². The zero-order chi connectivity index (χ0) is 17.3. The van der Waals surface area contributed by atoms with Gasteiger partial charge in [-0.25, -0.2) is 13.6 Å². The van der Waals surface area contributed by atoms with E-state index < -0.39 is 15.6 Å². The van der Waals surface area contributed by atoms with E-state index in [0.717, 1.165) is 25.7 Å². The number of carbonyl (C=O) groups excluding carboxylic acids is 1. The Hall–Kier alpha value is -1.15. The highest BCUT2D eigenvalue weighted by Gasteiger charge is 2.37. The molecule has 136 valence electrons. The van der Waals surface area contributed by atoms with Crippen molar-refractivity contribution in [2.24, 2.45) is 16.8 Å². The summed E-state index contributed by atoms with van der Waals surface area (Å²) in [5, 5.41) is 8.05. The molecule has 2 rings (SSSR count). The largest absolute Gasteiger partial charge is 0.326 e. The Labute approximate surface area is 149 Å². The molecule has 1 amide bonds. The summed E-state index contributed by atoms with van der Waals surface area (Å²) in [5.41, 5.74) is 6.77. The average Bonchev–Trinajstić information content (AvgIpc) is 2.45. The fraction of sp³-hybridized carbons (Fsp3) is 0.562. The van der Waals surface area contributed by atoms with Gasteiger partial charge in [0, 0.05) is 11.2 Å². The first kappa shape index (κ1) is 20.9. The normalized spacial score (nSPS) is 24.1. The summed E-state index contributed by atoms with van der Waals surface area (Å²) >= 11 is 0. The molecule has 0 spiro atoms. The summed E-state index contributed by atoms with van der Waals surface area (Å²) in [6, 6.07) is 4.79. The van der Waals surface area contributed by atoms with E-state index in [1.165, 1.54) is 6.07 Å². The molecule has 6 nitrogen and oxygen atoms in total. The van der Waals surface area contributed by atoms with Crippen molar-refractivity contribution >= 4 is 34.0 Å². The number of nitrogens with one attached hydrogen (secondary N) is 1. The van der Waals surface area contributed by atoms with Gasteiger partial charge in [-0.3, -0.25) is 4.79 Å². The maximum atomic E-state index is 12.5. The number of rotatable bonds is 4. The highest BCUT2D eigenvalue weighted by Crippen LogP contribution is 2.32. The molecule has 1 fully saturated rings. The monoisotopic (exact) mass is 375 g/mol. The number of primary sulfonamides is 1. The Bertz CT molecular complexity index is 705. The molecule has 0 bridgehead atoms. The van der Waals surface area contributed by atoms with E-state index in [4.69, 9.17) is 10.9 Å². The van der Waals surface area contributed by atoms with Crippen molar-refractivity contribution in [1.29, 1.82) is 0 Å². The van der Waals surface area contributed by atoms with Gasteiger partial charge >= 0.3 is 0 Å². The topological polar surface area (TPSA) is 115 Å². The van der Waals surface area contributed by atoms with Crippen LogP contribution in [0.1, 0.15) is 45.1 Å². The van der Waals surface area contributed by atoms with Crippen LogP contribution in [0.15, 0.2) is 23.1 Å². The van der Waals surface area contributed by atoms with Crippen LogP contribution in [0.3, 0.4) is 0 Å². The van der Waals surface area contributed by atoms with E-state index >= 15 is 0 Å². The lowest BCUT2D eigenvalue weighted by Gasteiger charge is -2.37. The smallest absolute Gasteiger partial charge is 0.238 e. The Kier molecular flexibility index (Phi) is 6.81. The molecular formula is C16H26ClN3O3S. The van der Waals surface area contributed by atoms with Gasteiger partial charge < -0.3 is 11.1 Å². The Morgan fingerprint density at radius 1 is 1.38 bits per heavy atom. The number of aryl methyl sites for hydroxylation is 1. The molecule has 1 aliphatic rings. The molecule has 2 unspecified atom stereocenters. The van der Waals surface area contributed by atoms with Gasteiger partial charge in [0.05, 0.1) is 10.8 Å². The summed E-state index contributed by atoms with van der Waals surface area (Å²) in [6.07, 6.45) is 4.10. The molecule has 5 N–H and O–H groups in total. The number of halogens is 1. The fourth-order valence-electron chi connectivity index (χ4n) is 3.21. The van der Waals surface area contributed by atoms with Gasteiger partial charge in [-0.05, 0) is 43.9 Å². The molecule has 8 heteroatoms. The van der Waals surface area contributed by atoms with Crippen LogP contribution in [-0.2, 0) is 21.2 Å². The lowest BCUT2D eigenvalue weighted by atomic mass is 9.74. The number of nitrogens with two attached hydrogens (primary N) is 2. The summed E-state index contributed by atoms with van der Waals surface area (Å²) in [7, 11) is -3.83. The zero-order valence-corrected chi connectivity index (χ0v) is 15.7. The van der Waals surface area contributed by atoms with Crippen molar-refractivity contribution in [3.8, 4) is 0 Å². The molecule has 1 aromatic carbocycles. The molecule has 0 aliphatic heterocycles. The predicted molar refractivity (Wildman–Crippen MR) is 97.6 cm³/mol. The van der Waals surface area contributed by atoms with Gasteiger partial charge in [0.1, 0.15) is 0 Å². The molecule has 0 heterocycles. The Balaban J connectivity index is 0.00000288. The second-order valence-corrected chi connectivity index (χ2v) is 8.04. The molecule has 1 saturated carbocycles. The van der Waals surface area contributed by atoms with Crippen molar-refractivity contribution in [2.75, 3.05) is 5.32 Å². The van der Waals surface area contributed by atoms with Crippen molar-refractivity contribution in [3.05, 3.63) is 23.8 Å². The lowest BCUT2D eigenvalue weighted by molar-refractivity contribution is -0.122. The standard InChI is InChI=1S/C16H25N3O3S.ClH/c1-3-11-7-8-12(10-14(11)23(18,21)22)19-15(20)13-6-4-5-9-16(13,2)17;/h7-8,10,13H,3-6,9,17H2,1-2H3,(H,19,20)(H2,18,21,22);1H. The van der Waals surface area contributed by atoms with E-state index in [2.05, 4.69) is 5.32 Å². The van der Waals surface area contributed by atoms with Gasteiger partial charge in [-0.1, -0.05) is 25.8 Å². The highest BCUT2D eigenvalue weighted by atomic mass is 35.5. The van der Waals surface area contributed by atoms with Crippen LogP contribution >= 0.6 is 12.4 Å². The molecule has 24 heavy (non-hydrogen) atoms. The number of hydrogen-bond donors (Lipinski definition) is 3. The Morgan fingerprint density at radius 3 is 2.58 bits per heavy atom. The first-order valence-electron chi connectivity index (χ1n) is 7.90. The number of carbonyl (C=O) groups is 1. The molecule has 2 atom stereocenters. The minimum Gasteiger partial charge on any atom is -0.326 e. The van der Waals surface area contributed by atoms with Crippen LogP contribution < -0.4 is 16.2 Å². The summed E-state index contributed by atoms with van der Waals surface area (Å²) in [4.78, 5) is 12.6. The quantitative estimate of drug-likeness (QED) is 0.747. The van der Waals surface area contributed by atoms with Crippen LogP contribution in [0, 0.1) is 5.92 Å². The van der Waals surface area contributed by atoms with Gasteiger partial charge in [0.15, 0.2) is 0 Å². The zero-order valence-electron chi connectivity index (χ0n) is 14.0. The lowest BCUT2D eigenvalue weighted by Crippen LogP contribution is -2.51. The average molecular weight is 376 g/mol. The van der Waals surface area contributed by atoms with Crippen molar-refractivity contribution < 1.29 is 13.2 Å². The number of amides is 1. The second-order valence-electron chi connectivity index (χ2n) is 6.51. The molecular weight excluding hydrogens is 350 g/mol. The number of anilines is 1. The van der Waals surface area contributed by atoms with Gasteiger partial charge in [0.2, 0.25) is 15.9 Å². The number of benzene rings is 1. The van der Waals surface area contributed by atoms with E-state index in [-0.39, 0.29) is 29.1 Å². The predicted octanol–water partition coefficient (Wildman–Crippen LogP) is 2.16. The van der Waals surface area contributed by atoms with Gasteiger partial charge in [0.25, 0.3) is 0 Å². The third-order valence-corrected chi connectivity index (χ3v) is 5.59. The summed E-state index contributed by atoms with van der Waals surface area (Å²) < 4.78 is 23.4. The van der Waals surface area contributed by atoms with Crippen molar-refractivity contribution in [2.45, 2.75) is 56.4 Å². The maximum absolute atomic E-state index is 12.5. The van der Waals surface area contributed by atoms with Crippen LogP contribution in [-0.4, -0.2) is 19.9 Å². The van der Waals surface area contributed by atoms with Crippen LogP contribution in [0.2, 0.25) is 0 Å². The van der Waals surface area contributed by atoms with Crippen LogP contribution in [0.25, 0.3) is 0 Å². The molecule has 1 aliphatic carbocycles. The third-order valence-electron chi connectivity index (χ3n) is 4.59. The number of sulfonamides is 1. The molecule has 0 saturated heterocycles. The van der Waals surface area contributed by atoms with Crippen LogP contribution in [0.5, 0.6) is 0 Å². The van der Waals surface area contributed by atoms with Crippen molar-refractivity contribution in [1.82, 2.24) is 0 Å². The van der Waals surface area contributed by atoms with Gasteiger partial charge in [-0.15, -0.1) is 12.4 Å². The molecule has 0 radical (unpaired) electrons. The van der Waals surface area contributed by atoms with Gasteiger partial charge in [-0.2, -0.15) is 0 Å². The third kappa shape index (κ3) is 4.69. The molecule has 1 aromatic rings. The highest BCUT2D eigenvalue weighted by molar-refractivity contribution is 7.89. The first-order valence-corrected chi connectivity index (χ1v) is 9.45. The number of hydrogen-bond acceptors (Lipinski definition) is 4. The first-order chi connectivity index (χ1) is 10.6. The minimum atomic E-state index is -3.83. The summed E-state index contributed by atoms with van der Waals surface area (Å²) in [6.45, 7) is 3.75. The van der Waals surface area contributed by atoms with E-state index in [1.54, 1.807) is 12.1 Å². The van der Waals surface area contributed by atoms with E-state index in [1.807, 2.05) is 13.8 Å². The minimum absolute atomic E-state index is 0. The van der Waals surface area contributed by atoms with Crippen LogP contribution in [0.4, 0.5) is 5.69 Å². The molecule has 0 aromatic heterocycles. The fourth-order valence-corrected chi connectivity index (χ4v) is 4.08. The summed E-state index contributed by atoms with van der Waals surface area (Å²) in [5.74, 6) is -0.445. The SMILES string of the molecule is CCc1ccc(NC(=O)C2CCCCC2(C)N)cc1S(N)(=O)=O.Cl.